The van der Waals surface area contributed by atoms with E-state index in [2.05, 4.69) is 309 Å². The second-order valence-corrected chi connectivity index (χ2v) is 29.6. The Morgan fingerprint density at radius 2 is 0.330 bits per heavy atom. The van der Waals surface area contributed by atoms with Crippen LogP contribution in [0, 0.1) is 194 Å². The van der Waals surface area contributed by atoms with Crippen molar-refractivity contribution < 1.29 is 0 Å². The molecule has 10 aromatic carbocycles. The van der Waals surface area contributed by atoms with Gasteiger partial charge in [-0.3, -0.25) is 0 Å². The summed E-state index contributed by atoms with van der Waals surface area (Å²) in [5, 5.41) is 0. The molecule has 2 heterocycles. The molecule has 508 valence electrons. The average Bonchev–Trinajstić information content (AvgIpc) is 0.758. The van der Waals surface area contributed by atoms with Crippen LogP contribution in [-0.2, 0) is 0 Å². The van der Waals surface area contributed by atoms with Crippen LogP contribution in [0.3, 0.4) is 0 Å². The van der Waals surface area contributed by atoms with Crippen molar-refractivity contribution in [2.45, 2.75) is 194 Å². The third-order valence-electron chi connectivity index (χ3n) is 24.1. The fraction of sp³-hybridized carbons (Fsp3) is 0.295. The predicted molar refractivity (Wildman–Crippen MR) is 429 cm³/mol. The number of aromatic nitrogens is 5. The molecule has 0 spiro atoms. The van der Waals surface area contributed by atoms with Gasteiger partial charge < -0.3 is 0 Å². The monoisotopic (exact) mass is 1310 g/mol. The number of hydrogen-bond acceptors (Lipinski definition) is 5. The van der Waals surface area contributed by atoms with Gasteiger partial charge in [-0.2, -0.15) is 0 Å². The van der Waals surface area contributed by atoms with Crippen LogP contribution >= 0.6 is 0 Å². The summed E-state index contributed by atoms with van der Waals surface area (Å²) in [6.07, 6.45) is 0. The third-order valence-corrected chi connectivity index (χ3v) is 24.1. The molecule has 0 amide bonds. The first-order valence-corrected chi connectivity index (χ1v) is 35.7. The molecule has 0 aliphatic carbocycles. The van der Waals surface area contributed by atoms with Crippen LogP contribution in [0.2, 0.25) is 0 Å². The van der Waals surface area contributed by atoms with Crippen LogP contribution in [0.1, 0.15) is 156 Å². The zero-order valence-corrected chi connectivity index (χ0v) is 65.2. The standard InChI is InChI=1S/C48H52N2.C47H51N3/c1-25-15-17-39(19-27(25)3)41-21-42(40-18-16-26(2)28(4)20-40)23-43(22-41)48-49-44(46-35(11)31(7)29(5)32(8)36(46)12)24-45(50-48)47-37(13)33(9)30(6)34(10)38(47)14;1-24-15-17-38(19-26(24)3)40-21-41(39-18-16-25(2)27(4)20-39)23-42(22-40)45-48-46(43-34(11)30(7)28(5)31(8)35(43)12)50-47(49-45)44-36(13)32(9)29(6)33(10)37(44)14/h15-24H,1-14H3;15-23H,1-14H3. The van der Waals surface area contributed by atoms with Gasteiger partial charge in [0.05, 0.1) is 11.4 Å². The summed E-state index contributed by atoms with van der Waals surface area (Å²) >= 11 is 0. The van der Waals surface area contributed by atoms with Crippen molar-refractivity contribution in [1.29, 1.82) is 0 Å². The molecule has 0 saturated heterocycles. The number of nitrogens with zero attached hydrogens (tertiary/aromatic N) is 5. The number of benzene rings is 10. The minimum absolute atomic E-state index is 0.685. The molecular formula is C95H103N5. The Labute approximate surface area is 598 Å². The first-order valence-electron chi connectivity index (χ1n) is 35.7. The van der Waals surface area contributed by atoms with Gasteiger partial charge in [-0.1, -0.05) is 72.8 Å². The summed E-state index contributed by atoms with van der Waals surface area (Å²) in [4.78, 5) is 27.0. The van der Waals surface area contributed by atoms with Crippen molar-refractivity contribution in [3.8, 4) is 113 Å². The summed E-state index contributed by atoms with van der Waals surface area (Å²) in [6.45, 7) is 62.0. The van der Waals surface area contributed by atoms with Crippen molar-refractivity contribution in [2.24, 2.45) is 0 Å². The molecule has 0 fully saturated rings. The summed E-state index contributed by atoms with van der Waals surface area (Å²) in [5.41, 5.74) is 54.1. The summed E-state index contributed by atoms with van der Waals surface area (Å²) < 4.78 is 0. The van der Waals surface area contributed by atoms with Crippen LogP contribution < -0.4 is 0 Å². The van der Waals surface area contributed by atoms with Gasteiger partial charge in [-0.25, -0.2) is 24.9 Å². The van der Waals surface area contributed by atoms with Gasteiger partial charge in [0.1, 0.15) is 0 Å². The molecule has 0 bridgehead atoms. The van der Waals surface area contributed by atoms with E-state index in [9.17, 15) is 0 Å². The Morgan fingerprint density at radius 1 is 0.140 bits per heavy atom. The Balaban J connectivity index is 0.000000202. The van der Waals surface area contributed by atoms with E-state index in [-0.39, 0.29) is 0 Å². The predicted octanol–water partition coefficient (Wildman–Crippen LogP) is 25.7. The Hall–Kier alpha value is -9.71. The van der Waals surface area contributed by atoms with E-state index in [1.165, 1.54) is 189 Å². The van der Waals surface area contributed by atoms with Gasteiger partial charge >= 0.3 is 0 Å². The minimum Gasteiger partial charge on any atom is -0.228 e. The summed E-state index contributed by atoms with van der Waals surface area (Å²) in [6, 6.07) is 43.0. The molecule has 2 aromatic heterocycles. The van der Waals surface area contributed by atoms with Gasteiger partial charge in [0, 0.05) is 33.4 Å². The van der Waals surface area contributed by atoms with E-state index in [4.69, 9.17) is 24.9 Å². The fourth-order valence-corrected chi connectivity index (χ4v) is 14.9. The zero-order chi connectivity index (χ0) is 72.7. The van der Waals surface area contributed by atoms with E-state index in [1.54, 1.807) is 0 Å². The molecule has 100 heavy (non-hydrogen) atoms. The molecule has 0 radical (unpaired) electrons. The first-order chi connectivity index (χ1) is 47.2. The van der Waals surface area contributed by atoms with Crippen molar-refractivity contribution in [2.75, 3.05) is 0 Å². The highest BCUT2D eigenvalue weighted by atomic mass is 15.0. The van der Waals surface area contributed by atoms with Crippen LogP contribution in [-0.4, -0.2) is 24.9 Å². The SMILES string of the molecule is Cc1ccc(-c2cc(-c3ccc(C)c(C)c3)cc(-c3nc(-c4c(C)c(C)c(C)c(C)c4C)cc(-c4c(C)c(C)c(C)c(C)c4C)n3)c2)cc1C.Cc1ccc(-c2cc(-c3ccc(C)c(C)c3)cc(-c3nc(-c4c(C)c(C)c(C)c(C)c4C)nc(-c4c(C)c(C)c(C)c(C)c4C)n3)c2)cc1C. The zero-order valence-electron chi connectivity index (χ0n) is 65.2. The summed E-state index contributed by atoms with van der Waals surface area (Å²) in [7, 11) is 0. The lowest BCUT2D eigenvalue weighted by Gasteiger charge is -2.22. The summed E-state index contributed by atoms with van der Waals surface area (Å²) in [5.74, 6) is 2.89. The van der Waals surface area contributed by atoms with Crippen molar-refractivity contribution in [3.63, 3.8) is 0 Å². The Bertz CT molecular complexity index is 4610. The largest absolute Gasteiger partial charge is 0.228 e. The maximum Gasteiger partial charge on any atom is 0.164 e. The molecule has 0 saturated carbocycles. The van der Waals surface area contributed by atoms with Gasteiger partial charge in [0.25, 0.3) is 0 Å². The van der Waals surface area contributed by atoms with Crippen molar-refractivity contribution >= 4 is 0 Å². The molecule has 0 aliphatic rings. The van der Waals surface area contributed by atoms with Crippen LogP contribution in [0.25, 0.3) is 113 Å². The molecule has 5 heteroatoms. The first kappa shape index (κ1) is 71.6. The normalized spacial score (nSPS) is 11.4. The molecule has 0 unspecified atom stereocenters. The topological polar surface area (TPSA) is 64.5 Å². The van der Waals surface area contributed by atoms with Gasteiger partial charge in [-0.05, 0) is 437 Å². The Kier molecular flexibility index (Phi) is 19.9. The molecule has 12 aromatic rings. The van der Waals surface area contributed by atoms with Gasteiger partial charge in [0.15, 0.2) is 23.3 Å². The van der Waals surface area contributed by atoms with E-state index in [1.807, 2.05) is 0 Å². The highest BCUT2D eigenvalue weighted by Gasteiger charge is 2.26. The maximum atomic E-state index is 5.48. The average molecular weight is 1310 g/mol. The molecule has 0 atom stereocenters. The lowest BCUT2D eigenvalue weighted by molar-refractivity contribution is 1.04. The smallest absolute Gasteiger partial charge is 0.164 e. The lowest BCUT2D eigenvalue weighted by atomic mass is 9.86. The Morgan fingerprint density at radius 3 is 0.560 bits per heavy atom. The second-order valence-electron chi connectivity index (χ2n) is 29.6. The molecule has 0 N–H and O–H groups in total. The quantitative estimate of drug-likeness (QED) is 0.137. The number of aryl methyl sites for hydroxylation is 8. The van der Waals surface area contributed by atoms with Crippen LogP contribution in [0.15, 0.2) is 115 Å². The van der Waals surface area contributed by atoms with Gasteiger partial charge in [0.2, 0.25) is 0 Å². The van der Waals surface area contributed by atoms with Gasteiger partial charge in [-0.15, -0.1) is 0 Å². The lowest BCUT2D eigenvalue weighted by Crippen LogP contribution is -2.08. The molecule has 0 aliphatic heterocycles. The highest BCUT2D eigenvalue weighted by molar-refractivity contribution is 5.86. The number of hydrogen-bond donors (Lipinski definition) is 0. The molecule has 5 nitrogen and oxygen atoms in total. The minimum atomic E-state index is 0.685. The van der Waals surface area contributed by atoms with Crippen molar-refractivity contribution in [1.82, 2.24) is 24.9 Å². The maximum absolute atomic E-state index is 5.48. The van der Waals surface area contributed by atoms with E-state index in [0.717, 1.165) is 73.4 Å². The van der Waals surface area contributed by atoms with E-state index in [0.29, 0.717) is 5.82 Å². The number of rotatable bonds is 10. The fourth-order valence-electron chi connectivity index (χ4n) is 14.9. The molecule has 12 rings (SSSR count). The van der Waals surface area contributed by atoms with Crippen LogP contribution in [0.4, 0.5) is 0 Å². The highest BCUT2D eigenvalue weighted by Crippen LogP contribution is 2.43. The van der Waals surface area contributed by atoms with Crippen LogP contribution in [0.5, 0.6) is 0 Å². The van der Waals surface area contributed by atoms with E-state index >= 15 is 0 Å². The van der Waals surface area contributed by atoms with E-state index < -0.39 is 0 Å². The second kappa shape index (κ2) is 27.8. The third kappa shape index (κ3) is 13.1. The van der Waals surface area contributed by atoms with Crippen molar-refractivity contribution in [3.05, 3.63) is 271 Å². The molecular weight excluding hydrogens is 1210 g/mol.